The smallest absolute Gasteiger partial charge is 0.178 e. The number of rotatable bonds is 8. The summed E-state index contributed by atoms with van der Waals surface area (Å²) < 4.78 is 29.3. The van der Waals surface area contributed by atoms with Gasteiger partial charge in [0.25, 0.3) is 0 Å². The van der Waals surface area contributed by atoms with Crippen molar-refractivity contribution >= 4 is 9.84 Å². The highest BCUT2D eigenvalue weighted by molar-refractivity contribution is 7.91. The molecule has 1 rings (SSSR count). The second-order valence-electron chi connectivity index (χ2n) is 4.43. The van der Waals surface area contributed by atoms with Crippen LogP contribution in [0.2, 0.25) is 0 Å². The van der Waals surface area contributed by atoms with Gasteiger partial charge < -0.3 is 10.1 Å². The number of sulfone groups is 1. The summed E-state index contributed by atoms with van der Waals surface area (Å²) in [4.78, 5) is 0.441. The zero-order valence-electron chi connectivity index (χ0n) is 11.8. The molecule has 0 saturated heterocycles. The third-order valence-electron chi connectivity index (χ3n) is 3.01. The van der Waals surface area contributed by atoms with Crippen molar-refractivity contribution in [1.29, 1.82) is 0 Å². The van der Waals surface area contributed by atoms with E-state index in [1.807, 2.05) is 19.1 Å². The molecule has 0 aliphatic rings. The van der Waals surface area contributed by atoms with Crippen LogP contribution >= 0.6 is 0 Å². The fraction of sp³-hybridized carbons (Fsp3) is 0.571. The lowest BCUT2D eigenvalue weighted by Crippen LogP contribution is -2.35. The first-order chi connectivity index (χ1) is 9.05. The van der Waals surface area contributed by atoms with Crippen LogP contribution in [0.5, 0.6) is 0 Å². The number of likely N-dealkylation sites (N-methyl/N-ethyl adjacent to an activating group) is 1. The predicted octanol–water partition coefficient (Wildman–Crippen LogP) is 1.65. The van der Waals surface area contributed by atoms with E-state index < -0.39 is 9.84 Å². The minimum absolute atomic E-state index is 0.125. The standard InChI is InChI=1S/C14H23NO3S/c1-4-15-13(11-18-3)10-12-8-6-7-9-14(12)19(16,17)5-2/h6-9,13,15H,4-5,10-11H2,1-3H3. The summed E-state index contributed by atoms with van der Waals surface area (Å²) in [6.07, 6.45) is 0.650. The van der Waals surface area contributed by atoms with Crippen LogP contribution in [0.15, 0.2) is 29.2 Å². The second-order valence-corrected chi connectivity index (χ2v) is 6.67. The van der Waals surface area contributed by atoms with E-state index in [1.165, 1.54) is 0 Å². The monoisotopic (exact) mass is 285 g/mol. The highest BCUT2D eigenvalue weighted by atomic mass is 32.2. The molecule has 0 aliphatic carbocycles. The average Bonchev–Trinajstić information content (AvgIpc) is 2.40. The van der Waals surface area contributed by atoms with E-state index in [2.05, 4.69) is 5.32 Å². The molecule has 5 heteroatoms. The molecule has 0 bridgehead atoms. The highest BCUT2D eigenvalue weighted by Gasteiger charge is 2.18. The van der Waals surface area contributed by atoms with Gasteiger partial charge in [0.1, 0.15) is 0 Å². The molecule has 1 aromatic carbocycles. The van der Waals surface area contributed by atoms with Gasteiger partial charge in [-0.05, 0) is 24.6 Å². The summed E-state index contributed by atoms with van der Waals surface area (Å²) in [6.45, 7) is 5.09. The maximum Gasteiger partial charge on any atom is 0.178 e. The van der Waals surface area contributed by atoms with Crippen LogP contribution in [0.3, 0.4) is 0 Å². The Bertz CT molecular complexity index is 479. The van der Waals surface area contributed by atoms with Gasteiger partial charge in [0, 0.05) is 13.2 Å². The topological polar surface area (TPSA) is 55.4 Å². The van der Waals surface area contributed by atoms with Crippen molar-refractivity contribution in [3.05, 3.63) is 29.8 Å². The van der Waals surface area contributed by atoms with Gasteiger partial charge >= 0.3 is 0 Å². The fourth-order valence-corrected chi connectivity index (χ4v) is 3.22. The Kier molecular flexibility index (Phi) is 6.48. The van der Waals surface area contributed by atoms with Gasteiger partial charge in [-0.2, -0.15) is 0 Å². The van der Waals surface area contributed by atoms with E-state index in [9.17, 15) is 8.42 Å². The molecule has 0 fully saturated rings. The predicted molar refractivity (Wildman–Crippen MR) is 77.2 cm³/mol. The quantitative estimate of drug-likeness (QED) is 0.789. The lowest BCUT2D eigenvalue weighted by atomic mass is 10.1. The summed E-state index contributed by atoms with van der Waals surface area (Å²) in [7, 11) is -1.52. The van der Waals surface area contributed by atoms with E-state index in [1.54, 1.807) is 26.2 Å². The minimum atomic E-state index is -3.17. The molecule has 19 heavy (non-hydrogen) atoms. The molecule has 0 aromatic heterocycles. The van der Waals surface area contributed by atoms with Gasteiger partial charge in [-0.25, -0.2) is 8.42 Å². The molecule has 1 N–H and O–H groups in total. The Morgan fingerprint density at radius 3 is 2.53 bits per heavy atom. The lowest BCUT2D eigenvalue weighted by Gasteiger charge is -2.18. The Morgan fingerprint density at radius 1 is 1.26 bits per heavy atom. The Morgan fingerprint density at radius 2 is 1.95 bits per heavy atom. The third-order valence-corrected chi connectivity index (χ3v) is 4.84. The number of hydrogen-bond acceptors (Lipinski definition) is 4. The zero-order valence-corrected chi connectivity index (χ0v) is 12.7. The molecule has 1 aromatic rings. The van der Waals surface area contributed by atoms with Gasteiger partial charge in [-0.3, -0.25) is 0 Å². The molecule has 0 spiro atoms. The van der Waals surface area contributed by atoms with Crippen molar-refractivity contribution in [2.75, 3.05) is 26.0 Å². The third kappa shape index (κ3) is 4.60. The van der Waals surface area contributed by atoms with Crippen LogP contribution in [0.4, 0.5) is 0 Å². The number of methoxy groups -OCH3 is 1. The summed E-state index contributed by atoms with van der Waals surface area (Å²) in [5, 5.41) is 3.31. The van der Waals surface area contributed by atoms with Crippen LogP contribution in [-0.4, -0.2) is 40.5 Å². The van der Waals surface area contributed by atoms with E-state index >= 15 is 0 Å². The first-order valence-electron chi connectivity index (χ1n) is 6.58. The first-order valence-corrected chi connectivity index (χ1v) is 8.23. The minimum Gasteiger partial charge on any atom is -0.383 e. The van der Waals surface area contributed by atoms with Crippen LogP contribution in [0.25, 0.3) is 0 Å². The van der Waals surface area contributed by atoms with Crippen molar-refractivity contribution in [3.63, 3.8) is 0 Å². The molecule has 1 atom stereocenters. The van der Waals surface area contributed by atoms with Gasteiger partial charge in [0.2, 0.25) is 0 Å². The maximum atomic E-state index is 12.1. The SMILES string of the molecule is CCNC(COC)Cc1ccccc1S(=O)(=O)CC. The van der Waals surface area contributed by atoms with Crippen LogP contribution < -0.4 is 5.32 Å². The lowest BCUT2D eigenvalue weighted by molar-refractivity contribution is 0.166. The van der Waals surface area contributed by atoms with Crippen molar-refractivity contribution in [3.8, 4) is 0 Å². The number of ether oxygens (including phenoxy) is 1. The normalized spacial score (nSPS) is 13.4. The number of benzene rings is 1. The Labute approximate surface area is 116 Å². The largest absolute Gasteiger partial charge is 0.383 e. The molecule has 0 amide bonds. The molecular formula is C14H23NO3S. The molecule has 1 unspecified atom stereocenters. The Hall–Kier alpha value is -0.910. The number of hydrogen-bond donors (Lipinski definition) is 1. The average molecular weight is 285 g/mol. The van der Waals surface area contributed by atoms with E-state index in [4.69, 9.17) is 4.74 Å². The van der Waals surface area contributed by atoms with Crippen molar-refractivity contribution < 1.29 is 13.2 Å². The Balaban J connectivity index is 3.00. The molecule has 0 heterocycles. The van der Waals surface area contributed by atoms with Crippen molar-refractivity contribution in [1.82, 2.24) is 5.32 Å². The number of nitrogens with one attached hydrogen (secondary N) is 1. The van der Waals surface area contributed by atoms with Gasteiger partial charge in [0.05, 0.1) is 17.3 Å². The summed E-state index contributed by atoms with van der Waals surface area (Å²) in [6, 6.07) is 7.33. The van der Waals surface area contributed by atoms with Crippen molar-refractivity contribution in [2.45, 2.75) is 31.2 Å². The van der Waals surface area contributed by atoms with E-state index in [-0.39, 0.29) is 11.8 Å². The molecule has 0 aliphatic heterocycles. The van der Waals surface area contributed by atoms with Crippen LogP contribution in [0, 0.1) is 0 Å². The summed E-state index contributed by atoms with van der Waals surface area (Å²) in [5.41, 5.74) is 0.854. The summed E-state index contributed by atoms with van der Waals surface area (Å²) in [5.74, 6) is 0.125. The zero-order chi connectivity index (χ0) is 14.3. The molecule has 4 nitrogen and oxygen atoms in total. The van der Waals surface area contributed by atoms with Gasteiger partial charge in [-0.1, -0.05) is 32.0 Å². The van der Waals surface area contributed by atoms with Gasteiger partial charge in [0.15, 0.2) is 9.84 Å². The maximum absolute atomic E-state index is 12.1. The van der Waals surface area contributed by atoms with Crippen molar-refractivity contribution in [2.24, 2.45) is 0 Å². The molecule has 108 valence electrons. The van der Waals surface area contributed by atoms with Crippen LogP contribution in [-0.2, 0) is 21.0 Å². The summed E-state index contributed by atoms with van der Waals surface area (Å²) >= 11 is 0. The molecule has 0 radical (unpaired) electrons. The molecule has 0 saturated carbocycles. The fourth-order valence-electron chi connectivity index (χ4n) is 2.08. The van der Waals surface area contributed by atoms with Crippen LogP contribution in [0.1, 0.15) is 19.4 Å². The van der Waals surface area contributed by atoms with E-state index in [0.29, 0.717) is 17.9 Å². The molecular weight excluding hydrogens is 262 g/mol. The second kappa shape index (κ2) is 7.62. The van der Waals surface area contributed by atoms with Gasteiger partial charge in [-0.15, -0.1) is 0 Å². The van der Waals surface area contributed by atoms with E-state index in [0.717, 1.165) is 12.1 Å². The highest BCUT2D eigenvalue weighted by Crippen LogP contribution is 2.18. The first kappa shape index (κ1) is 16.1.